The zero-order valence-electron chi connectivity index (χ0n) is 12.4. The minimum Gasteiger partial charge on any atom is -0.477 e. The zero-order chi connectivity index (χ0) is 14.7. The van der Waals surface area contributed by atoms with Gasteiger partial charge in [-0.25, -0.2) is 9.78 Å². The van der Waals surface area contributed by atoms with E-state index in [-0.39, 0.29) is 0 Å². The molecule has 5 nitrogen and oxygen atoms in total. The van der Waals surface area contributed by atoms with E-state index in [9.17, 15) is 9.90 Å². The van der Waals surface area contributed by atoms with Crippen molar-refractivity contribution in [1.29, 1.82) is 0 Å². The number of hydrogen-bond donors (Lipinski definition) is 1. The standard InChI is InChI=1S/C14H23N3O2S/c1-4-6-11-12(13(18)19)20-14(15-11)17(3)9-10-7-5-8-16(10)2/h10H,4-9H2,1-3H3,(H,18,19). The molecule has 2 rings (SSSR count). The molecule has 0 spiro atoms. The summed E-state index contributed by atoms with van der Waals surface area (Å²) in [4.78, 5) is 20.7. The first-order chi connectivity index (χ1) is 9.52. The second kappa shape index (κ2) is 6.54. The van der Waals surface area contributed by atoms with E-state index in [0.29, 0.717) is 10.9 Å². The Labute approximate surface area is 124 Å². The highest BCUT2D eigenvalue weighted by atomic mass is 32.1. The highest BCUT2D eigenvalue weighted by Crippen LogP contribution is 2.28. The van der Waals surface area contributed by atoms with Crippen LogP contribution in [0.1, 0.15) is 41.6 Å². The second-order valence-corrected chi connectivity index (χ2v) is 6.46. The first-order valence-electron chi connectivity index (χ1n) is 7.17. The zero-order valence-corrected chi connectivity index (χ0v) is 13.2. The summed E-state index contributed by atoms with van der Waals surface area (Å²) >= 11 is 1.30. The van der Waals surface area contributed by atoms with Crippen molar-refractivity contribution < 1.29 is 9.90 Å². The number of carboxylic acids is 1. The van der Waals surface area contributed by atoms with Crippen LogP contribution in [0.2, 0.25) is 0 Å². The van der Waals surface area contributed by atoms with Crippen LogP contribution in [0.15, 0.2) is 0 Å². The molecule has 0 amide bonds. The number of rotatable bonds is 6. The number of aryl methyl sites for hydroxylation is 1. The largest absolute Gasteiger partial charge is 0.477 e. The molecule has 1 fully saturated rings. The Morgan fingerprint density at radius 1 is 1.60 bits per heavy atom. The molecule has 0 aliphatic carbocycles. The topological polar surface area (TPSA) is 56.7 Å². The molecular weight excluding hydrogens is 274 g/mol. The Hall–Kier alpha value is -1.14. The van der Waals surface area contributed by atoms with Crippen LogP contribution in [0, 0.1) is 0 Å². The molecule has 6 heteroatoms. The van der Waals surface area contributed by atoms with Crippen molar-refractivity contribution in [2.75, 3.05) is 32.1 Å². The summed E-state index contributed by atoms with van der Waals surface area (Å²) < 4.78 is 0. The lowest BCUT2D eigenvalue weighted by atomic mass is 10.2. The average Bonchev–Trinajstić information content (AvgIpc) is 2.97. The van der Waals surface area contributed by atoms with Gasteiger partial charge in [0, 0.05) is 19.6 Å². The molecule has 0 aromatic carbocycles. The van der Waals surface area contributed by atoms with Crippen molar-refractivity contribution >= 4 is 22.4 Å². The summed E-state index contributed by atoms with van der Waals surface area (Å²) in [6.07, 6.45) is 4.10. The number of thiazole rings is 1. The highest BCUT2D eigenvalue weighted by Gasteiger charge is 2.24. The van der Waals surface area contributed by atoms with Crippen molar-refractivity contribution in [2.45, 2.75) is 38.6 Å². The minimum absolute atomic E-state index is 0.397. The number of hydrogen-bond acceptors (Lipinski definition) is 5. The predicted octanol–water partition coefficient (Wildman–Crippen LogP) is 2.32. The molecule has 2 heterocycles. The smallest absolute Gasteiger partial charge is 0.347 e. The van der Waals surface area contributed by atoms with Gasteiger partial charge in [-0.2, -0.15) is 0 Å². The van der Waals surface area contributed by atoms with Crippen LogP contribution >= 0.6 is 11.3 Å². The van der Waals surface area contributed by atoms with Crippen LogP contribution in [-0.2, 0) is 6.42 Å². The SMILES string of the molecule is CCCc1nc(N(C)CC2CCCN2C)sc1C(=O)O. The quantitative estimate of drug-likeness (QED) is 0.873. The minimum atomic E-state index is -0.858. The third-order valence-corrected chi connectivity index (χ3v) is 5.05. The fraction of sp³-hybridized carbons (Fsp3) is 0.714. The van der Waals surface area contributed by atoms with Crippen molar-refractivity contribution in [2.24, 2.45) is 0 Å². The van der Waals surface area contributed by atoms with Gasteiger partial charge in [0.1, 0.15) is 4.88 Å². The summed E-state index contributed by atoms with van der Waals surface area (Å²) in [6.45, 7) is 4.11. The van der Waals surface area contributed by atoms with Gasteiger partial charge >= 0.3 is 5.97 Å². The number of likely N-dealkylation sites (tertiary alicyclic amines) is 1. The van der Waals surface area contributed by atoms with Crippen LogP contribution in [0.4, 0.5) is 5.13 Å². The normalized spacial score (nSPS) is 19.4. The summed E-state index contributed by atoms with van der Waals surface area (Å²) in [5.41, 5.74) is 0.728. The van der Waals surface area contributed by atoms with Crippen LogP contribution < -0.4 is 4.90 Å². The average molecular weight is 297 g/mol. The van der Waals surface area contributed by atoms with Gasteiger partial charge in [0.15, 0.2) is 5.13 Å². The van der Waals surface area contributed by atoms with E-state index in [0.717, 1.165) is 36.8 Å². The molecule has 1 saturated heterocycles. The Morgan fingerprint density at radius 3 is 2.90 bits per heavy atom. The molecule has 1 unspecified atom stereocenters. The lowest BCUT2D eigenvalue weighted by Gasteiger charge is -2.25. The lowest BCUT2D eigenvalue weighted by molar-refractivity contribution is 0.0700. The number of carbonyl (C=O) groups is 1. The Morgan fingerprint density at radius 2 is 2.35 bits per heavy atom. The fourth-order valence-corrected chi connectivity index (χ4v) is 3.60. The monoisotopic (exact) mass is 297 g/mol. The molecule has 20 heavy (non-hydrogen) atoms. The molecule has 1 aliphatic heterocycles. The van der Waals surface area contributed by atoms with Crippen molar-refractivity contribution in [3.05, 3.63) is 10.6 Å². The number of carboxylic acid groups (broad SMARTS) is 1. The molecule has 0 saturated carbocycles. The van der Waals surface area contributed by atoms with E-state index in [1.165, 1.54) is 24.2 Å². The van der Waals surface area contributed by atoms with Gasteiger partial charge < -0.3 is 14.9 Å². The molecule has 0 bridgehead atoms. The lowest BCUT2D eigenvalue weighted by Crippen LogP contribution is -2.36. The van der Waals surface area contributed by atoms with Crippen molar-refractivity contribution in [3.8, 4) is 0 Å². The van der Waals surface area contributed by atoms with Gasteiger partial charge in [0.25, 0.3) is 0 Å². The fourth-order valence-electron chi connectivity index (χ4n) is 2.68. The second-order valence-electron chi connectivity index (χ2n) is 5.48. The van der Waals surface area contributed by atoms with E-state index >= 15 is 0 Å². The van der Waals surface area contributed by atoms with Gasteiger partial charge in [0.2, 0.25) is 0 Å². The van der Waals surface area contributed by atoms with E-state index in [1.807, 2.05) is 14.0 Å². The van der Waals surface area contributed by atoms with Crippen LogP contribution in [0.5, 0.6) is 0 Å². The van der Waals surface area contributed by atoms with E-state index in [4.69, 9.17) is 0 Å². The van der Waals surface area contributed by atoms with Crippen LogP contribution in [0.25, 0.3) is 0 Å². The maximum Gasteiger partial charge on any atom is 0.347 e. The van der Waals surface area contributed by atoms with Gasteiger partial charge in [-0.1, -0.05) is 24.7 Å². The Bertz CT molecular complexity index is 475. The third-order valence-electron chi connectivity index (χ3n) is 3.85. The van der Waals surface area contributed by atoms with E-state index < -0.39 is 5.97 Å². The van der Waals surface area contributed by atoms with Gasteiger partial charge in [-0.05, 0) is 32.9 Å². The molecular formula is C14H23N3O2S. The maximum absolute atomic E-state index is 11.3. The number of aromatic nitrogens is 1. The molecule has 1 atom stereocenters. The summed E-state index contributed by atoms with van der Waals surface area (Å²) in [7, 11) is 4.16. The number of nitrogens with zero attached hydrogens (tertiary/aromatic N) is 3. The first-order valence-corrected chi connectivity index (χ1v) is 7.99. The van der Waals surface area contributed by atoms with Crippen LogP contribution in [-0.4, -0.2) is 54.2 Å². The number of anilines is 1. The van der Waals surface area contributed by atoms with Crippen LogP contribution in [0.3, 0.4) is 0 Å². The third kappa shape index (κ3) is 3.30. The summed E-state index contributed by atoms with van der Waals surface area (Å²) in [5, 5.41) is 10.1. The van der Waals surface area contributed by atoms with Crippen molar-refractivity contribution in [3.63, 3.8) is 0 Å². The molecule has 0 radical (unpaired) electrons. The van der Waals surface area contributed by atoms with E-state index in [1.54, 1.807) is 0 Å². The number of likely N-dealkylation sites (N-methyl/N-ethyl adjacent to an activating group) is 2. The van der Waals surface area contributed by atoms with Gasteiger partial charge in [-0.3, -0.25) is 0 Å². The maximum atomic E-state index is 11.3. The van der Waals surface area contributed by atoms with Gasteiger partial charge in [0.05, 0.1) is 5.69 Å². The molecule has 1 aromatic rings. The molecule has 1 aliphatic rings. The van der Waals surface area contributed by atoms with Crippen molar-refractivity contribution in [1.82, 2.24) is 9.88 Å². The highest BCUT2D eigenvalue weighted by molar-refractivity contribution is 7.17. The predicted molar refractivity (Wildman–Crippen MR) is 82.0 cm³/mol. The Balaban J connectivity index is 2.11. The number of aromatic carboxylic acids is 1. The summed E-state index contributed by atoms with van der Waals surface area (Å²) in [5.74, 6) is -0.858. The summed E-state index contributed by atoms with van der Waals surface area (Å²) in [6, 6.07) is 0.548. The van der Waals surface area contributed by atoms with Gasteiger partial charge in [-0.15, -0.1) is 0 Å². The molecule has 1 aromatic heterocycles. The molecule has 112 valence electrons. The first kappa shape index (κ1) is 15.3. The van der Waals surface area contributed by atoms with E-state index in [2.05, 4.69) is 21.8 Å². The Kier molecular flexibility index (Phi) is 4.99. The molecule has 1 N–H and O–H groups in total.